The number of nitrogens with one attached hydrogen (secondary N) is 1. The van der Waals surface area contributed by atoms with Crippen LogP contribution in [-0.4, -0.2) is 306 Å². The second-order valence-corrected chi connectivity index (χ2v) is 22.7. The molecule has 0 spiro atoms. The van der Waals surface area contributed by atoms with Gasteiger partial charge < -0.3 is 71.7 Å². The molecule has 8 unspecified atom stereocenters. The van der Waals surface area contributed by atoms with Crippen LogP contribution < -0.4 is 5.32 Å². The lowest BCUT2D eigenvalue weighted by Gasteiger charge is -2.51. The lowest BCUT2D eigenvalue weighted by molar-refractivity contribution is -0.116. The van der Waals surface area contributed by atoms with Crippen LogP contribution in [0.5, 0.6) is 0 Å². The molecule has 0 aromatic heterocycles. The average molecular weight is 971 g/mol. The van der Waals surface area contributed by atoms with Gasteiger partial charge in [-0.1, -0.05) is 0 Å². The van der Waals surface area contributed by atoms with Crippen molar-refractivity contribution < 1.29 is 66.4 Å². The van der Waals surface area contributed by atoms with Gasteiger partial charge in [-0.25, -0.2) is 0 Å². The number of aliphatic hydroxyl groups excluding tert-OH is 13. The van der Waals surface area contributed by atoms with Crippen molar-refractivity contribution in [1.82, 2.24) is 39.6 Å². The number of likely N-dealkylation sites (N-methyl/N-ethyl adjacent to an activating group) is 1. The number of fused-ring (bicyclic) bond motifs is 6. The van der Waals surface area contributed by atoms with Gasteiger partial charge in [0, 0.05) is 69.5 Å². The minimum atomic E-state index is -0.859. The summed E-state index contributed by atoms with van der Waals surface area (Å²) >= 11 is 0. The Labute approximate surface area is 401 Å². The van der Waals surface area contributed by atoms with E-state index in [1.807, 2.05) is 7.05 Å². The fourth-order valence-corrected chi connectivity index (χ4v) is 15.6. The zero-order valence-corrected chi connectivity index (χ0v) is 40.3. The molecule has 21 heteroatoms. The van der Waals surface area contributed by atoms with Gasteiger partial charge >= 0.3 is 0 Å². The Morgan fingerprint density at radius 1 is 0.529 bits per heavy atom. The predicted molar refractivity (Wildman–Crippen MR) is 246 cm³/mol. The molecule has 0 saturated carbocycles. The van der Waals surface area contributed by atoms with Crippen molar-refractivity contribution in [2.45, 2.75) is 231 Å². The van der Waals surface area contributed by atoms with E-state index in [-0.39, 0.29) is 55.3 Å². The number of likely N-dealkylation sites (tertiary alicyclic amines) is 1. The summed E-state index contributed by atoms with van der Waals surface area (Å²) in [5.74, 6) is 0.456. The zero-order chi connectivity index (χ0) is 48.6. The number of piperidine rings is 5. The minimum Gasteiger partial charge on any atom is -0.395 e. The highest BCUT2D eigenvalue weighted by atomic mass is 16.4. The topological polar surface area (TPSA) is 298 Å². The molecule has 0 amide bonds. The maximum Gasteiger partial charge on any atom is 0.110 e. The monoisotopic (exact) mass is 971 g/mol. The van der Waals surface area contributed by atoms with Gasteiger partial charge in [0.1, 0.15) is 12.2 Å². The molecule has 12 rings (SSSR count). The van der Waals surface area contributed by atoms with Gasteiger partial charge in [-0.2, -0.15) is 0 Å². The van der Waals surface area contributed by atoms with Gasteiger partial charge in [-0.15, -0.1) is 0 Å². The molecule has 12 heterocycles. The van der Waals surface area contributed by atoms with E-state index in [0.29, 0.717) is 62.6 Å². The molecule has 24 atom stereocenters. The number of β-amino-alcohol motifs (C(OH)–C–C–N with tert-alkyl or cyclic N) is 1. The highest BCUT2D eigenvalue weighted by Gasteiger charge is 2.60. The zero-order valence-electron chi connectivity index (χ0n) is 40.3. The van der Waals surface area contributed by atoms with E-state index < -0.39 is 73.2 Å². The molecule has 12 fully saturated rings. The summed E-state index contributed by atoms with van der Waals surface area (Å²) in [7, 11) is 1.97. The van der Waals surface area contributed by atoms with E-state index in [1.165, 1.54) is 0 Å². The fourth-order valence-electron chi connectivity index (χ4n) is 15.6. The highest BCUT2D eigenvalue weighted by Crippen LogP contribution is 2.44. The van der Waals surface area contributed by atoms with Crippen LogP contribution in [0.2, 0.25) is 0 Å². The molecule has 0 aromatic carbocycles. The van der Waals surface area contributed by atoms with Crippen molar-refractivity contribution in [1.29, 1.82) is 0 Å². The van der Waals surface area contributed by atoms with Crippen molar-refractivity contribution in [3.8, 4) is 0 Å². The van der Waals surface area contributed by atoms with E-state index >= 15 is 0 Å². The van der Waals surface area contributed by atoms with Crippen LogP contribution in [0.15, 0.2) is 0 Å². The molecular weight excluding hydrogens is 885 g/mol. The molecule has 14 N–H and O–H groups in total. The molecule has 0 aromatic rings. The number of nitrogens with zero attached hydrogens (tertiary/aromatic N) is 7. The molecular formula is C47H86N8O13. The Balaban J connectivity index is 0.000000113. The van der Waals surface area contributed by atoms with E-state index in [4.69, 9.17) is 5.11 Å². The summed E-state index contributed by atoms with van der Waals surface area (Å²) in [5.41, 5.74) is 0. The van der Waals surface area contributed by atoms with Gasteiger partial charge in [-0.3, -0.25) is 34.3 Å². The van der Waals surface area contributed by atoms with E-state index in [0.717, 1.165) is 84.0 Å². The molecule has 21 nitrogen and oxygen atoms in total. The third-order valence-corrected chi connectivity index (χ3v) is 18.8. The van der Waals surface area contributed by atoms with Gasteiger partial charge in [0.25, 0.3) is 0 Å². The summed E-state index contributed by atoms with van der Waals surface area (Å²) in [6, 6.07) is 0.408. The second kappa shape index (κ2) is 21.2. The first kappa shape index (κ1) is 52.0. The summed E-state index contributed by atoms with van der Waals surface area (Å²) in [6.45, 7) is 9.91. The number of hydrogen-bond donors (Lipinski definition) is 14. The Morgan fingerprint density at radius 3 is 1.84 bits per heavy atom. The number of aliphatic hydroxyl groups is 13. The SMILES string of the molecule is CC(C)N1CCC2C1C[C@@H](O)[C@@H]1[C@H](O)[C@H](O)CN21.CN1CCC2CC[C@@H](O)[C@@H]3[C@H](O)[C@H](O)C1N23.OCCN1CCC2[C@@H](O)[C@@H](O)[C@H]3[C@H](O)CCC1N23.O[C@H]1[C@H]2[C@H](O)CC3CCCNC3N2C[C@H]1O. The Hall–Kier alpha value is -0.840. The van der Waals surface area contributed by atoms with Crippen LogP contribution in [0.3, 0.4) is 0 Å². The minimum absolute atomic E-state index is 0.0557. The molecule has 0 radical (unpaired) electrons. The van der Waals surface area contributed by atoms with Crippen LogP contribution in [0.25, 0.3) is 0 Å². The fraction of sp³-hybridized carbons (Fsp3) is 1.00. The molecule has 392 valence electrons. The molecule has 12 aliphatic rings. The van der Waals surface area contributed by atoms with E-state index in [1.54, 1.807) is 0 Å². The van der Waals surface area contributed by atoms with Crippen LogP contribution >= 0.6 is 0 Å². The van der Waals surface area contributed by atoms with Crippen molar-refractivity contribution in [2.24, 2.45) is 5.92 Å². The van der Waals surface area contributed by atoms with Crippen LogP contribution in [0.1, 0.15) is 84.5 Å². The molecule has 0 aliphatic carbocycles. The highest BCUT2D eigenvalue weighted by molar-refractivity contribution is 5.13. The van der Waals surface area contributed by atoms with Gasteiger partial charge in [0.15, 0.2) is 0 Å². The van der Waals surface area contributed by atoms with Crippen LogP contribution in [-0.2, 0) is 0 Å². The van der Waals surface area contributed by atoms with Gasteiger partial charge in [0.05, 0.1) is 110 Å². The molecule has 12 aliphatic heterocycles. The van der Waals surface area contributed by atoms with Crippen molar-refractivity contribution in [2.75, 3.05) is 59.5 Å². The smallest absolute Gasteiger partial charge is 0.110 e. The lowest BCUT2D eigenvalue weighted by atomic mass is 9.82. The Bertz CT molecular complexity index is 1640. The van der Waals surface area contributed by atoms with Crippen LogP contribution in [0, 0.1) is 5.92 Å². The van der Waals surface area contributed by atoms with Gasteiger partial charge in [0.2, 0.25) is 0 Å². The predicted octanol–water partition coefficient (Wildman–Crippen LogP) is -5.99. The maximum atomic E-state index is 10.3. The maximum absolute atomic E-state index is 10.3. The quantitative estimate of drug-likeness (QED) is 0.125. The normalized spacial score (nSPS) is 51.5. The lowest BCUT2D eigenvalue weighted by Crippen LogP contribution is -2.64. The van der Waals surface area contributed by atoms with Crippen LogP contribution in [0.4, 0.5) is 0 Å². The summed E-state index contributed by atoms with van der Waals surface area (Å²) in [6.07, 6.45) is 1.75. The average Bonchev–Trinajstić information content (AvgIpc) is 4.09. The molecule has 68 heavy (non-hydrogen) atoms. The molecule has 12 saturated heterocycles. The first-order chi connectivity index (χ1) is 32.4. The first-order valence-corrected chi connectivity index (χ1v) is 26.2. The standard InChI is InChI=1S/C13H24N2O3.C12H22N2O4.2C11H20N2O3/c1-7(2)14-4-3-8-9(14)5-10(16)12-13(18)11(17)6-15(8)12;15-6-5-13-4-3-7-11(17)12(18)10-8(16)1-2-9(13)14(7)10;1-12-5-4-6-2-3-7(14)8-9(15)10(16)11(12)13(6)8;14-7-4-6-2-1-3-12-11(6)13-5-8(15)10(16)9(7)13/h7-13,16-18H,3-6H2,1-2H3;7-12,15-18H,1-6H2;6-11,14-16H,2-5H2,1H3;6-12,14-16H,1-5H2/t8?,9?,10-,11-,12-,13-;7?,8-,9?,10-,11-,12+;6?,7-,8-,9+,10+,11?;6?,7-,8-,9-,10-,11?/m1111/s1. The molecule has 0 bridgehead atoms. The second-order valence-electron chi connectivity index (χ2n) is 22.7. The number of hydrogen-bond acceptors (Lipinski definition) is 21. The number of rotatable bonds is 3. The third-order valence-electron chi connectivity index (χ3n) is 18.8. The largest absolute Gasteiger partial charge is 0.395 e. The Kier molecular flexibility index (Phi) is 16.2. The third kappa shape index (κ3) is 9.26. The summed E-state index contributed by atoms with van der Waals surface area (Å²) in [4.78, 5) is 15.2. The van der Waals surface area contributed by atoms with E-state index in [9.17, 15) is 61.3 Å². The van der Waals surface area contributed by atoms with Crippen molar-refractivity contribution >= 4 is 0 Å². The van der Waals surface area contributed by atoms with E-state index in [2.05, 4.69) is 53.5 Å². The van der Waals surface area contributed by atoms with Crippen molar-refractivity contribution in [3.63, 3.8) is 0 Å². The van der Waals surface area contributed by atoms with Crippen molar-refractivity contribution in [3.05, 3.63) is 0 Å². The Morgan fingerprint density at radius 2 is 1.15 bits per heavy atom. The summed E-state index contributed by atoms with van der Waals surface area (Å²) in [5, 5.41) is 133. The first-order valence-electron chi connectivity index (χ1n) is 26.2. The van der Waals surface area contributed by atoms with Gasteiger partial charge in [-0.05, 0) is 104 Å². The summed E-state index contributed by atoms with van der Waals surface area (Å²) < 4.78 is 0.